The summed E-state index contributed by atoms with van der Waals surface area (Å²) in [6.45, 7) is 5.50. The van der Waals surface area contributed by atoms with Crippen LogP contribution in [0.3, 0.4) is 0 Å². The number of aliphatic hydroxyl groups is 1. The Morgan fingerprint density at radius 3 is 2.29 bits per heavy atom. The second-order valence-corrected chi connectivity index (χ2v) is 9.46. The molecule has 0 aliphatic heterocycles. The average Bonchev–Trinajstić information content (AvgIpc) is 3.49. The number of rotatable bonds is 16. The molecular weight excluding hydrogens is 346 g/mol. The van der Waals surface area contributed by atoms with E-state index >= 15 is 0 Å². The lowest BCUT2D eigenvalue weighted by molar-refractivity contribution is 0.172. The predicted octanol–water partition coefficient (Wildman–Crippen LogP) is 5.87. The van der Waals surface area contributed by atoms with Gasteiger partial charge in [-0.1, -0.05) is 77.3 Å². The summed E-state index contributed by atoms with van der Waals surface area (Å²) in [4.78, 5) is 0. The third-order valence-corrected chi connectivity index (χ3v) is 5.99. The lowest BCUT2D eigenvalue weighted by atomic mass is 9.88. The van der Waals surface area contributed by atoms with E-state index < -0.39 is 5.54 Å². The molecular formula is C25H43NO2. The summed E-state index contributed by atoms with van der Waals surface area (Å²) in [5, 5.41) is 9.66. The lowest BCUT2D eigenvalue weighted by Gasteiger charge is -2.27. The molecule has 1 aliphatic carbocycles. The Morgan fingerprint density at radius 1 is 1.04 bits per heavy atom. The zero-order valence-electron chi connectivity index (χ0n) is 18.3. The number of unbranched alkanes of at least 4 members (excludes halogenated alkanes) is 5. The van der Waals surface area contributed by atoms with Crippen LogP contribution in [0, 0.1) is 11.8 Å². The van der Waals surface area contributed by atoms with Crippen molar-refractivity contribution in [3.05, 3.63) is 29.8 Å². The van der Waals surface area contributed by atoms with Gasteiger partial charge in [0.05, 0.1) is 13.2 Å². The van der Waals surface area contributed by atoms with Crippen molar-refractivity contribution in [1.82, 2.24) is 0 Å². The fraction of sp³-hybridized carbons (Fsp3) is 0.760. The lowest BCUT2D eigenvalue weighted by Crippen LogP contribution is -2.44. The van der Waals surface area contributed by atoms with E-state index in [1.807, 2.05) is 0 Å². The van der Waals surface area contributed by atoms with E-state index in [4.69, 9.17) is 10.5 Å². The molecule has 0 unspecified atom stereocenters. The van der Waals surface area contributed by atoms with Gasteiger partial charge in [0.15, 0.2) is 0 Å². The van der Waals surface area contributed by atoms with Gasteiger partial charge in [-0.3, -0.25) is 0 Å². The summed E-state index contributed by atoms with van der Waals surface area (Å²) in [5.74, 6) is 2.54. The molecule has 3 heteroatoms. The van der Waals surface area contributed by atoms with E-state index in [0.717, 1.165) is 49.9 Å². The van der Waals surface area contributed by atoms with Crippen molar-refractivity contribution >= 4 is 0 Å². The molecule has 0 heterocycles. The standard InChI is InChI=1S/C25H43NO2/c1-21(2)9-7-5-3-4-6-8-18-28-24-14-12-22(13-15-24)16-17-25(26,20-27)19-23-10-11-23/h12-15,21,23,27H,3-11,16-20,26H2,1-2H3/t25-/m0/s1. The third kappa shape index (κ3) is 9.93. The molecule has 1 saturated carbocycles. The SMILES string of the molecule is CC(C)CCCCCCCCOc1ccc(CC[C@@](N)(CO)CC2CC2)cc1. The number of aliphatic hydroxyl groups excluding tert-OH is 1. The quantitative estimate of drug-likeness (QED) is 0.347. The average molecular weight is 390 g/mol. The molecule has 160 valence electrons. The fourth-order valence-corrected chi connectivity index (χ4v) is 3.84. The molecule has 2 rings (SSSR count). The summed E-state index contributed by atoms with van der Waals surface area (Å²) in [6, 6.07) is 8.41. The number of hydrogen-bond donors (Lipinski definition) is 2. The van der Waals surface area contributed by atoms with Gasteiger partial charge in [-0.2, -0.15) is 0 Å². The van der Waals surface area contributed by atoms with E-state index in [-0.39, 0.29) is 6.61 Å². The minimum atomic E-state index is -0.412. The summed E-state index contributed by atoms with van der Waals surface area (Å²) in [7, 11) is 0. The first kappa shape index (κ1) is 23.2. The number of ether oxygens (including phenoxy) is 1. The first-order valence-electron chi connectivity index (χ1n) is 11.6. The maximum atomic E-state index is 9.66. The predicted molar refractivity (Wildman–Crippen MR) is 119 cm³/mol. The van der Waals surface area contributed by atoms with E-state index in [9.17, 15) is 5.11 Å². The summed E-state index contributed by atoms with van der Waals surface area (Å²) in [5.41, 5.74) is 7.25. The molecule has 3 nitrogen and oxygen atoms in total. The Labute approximate surface area is 173 Å². The molecule has 0 amide bonds. The number of hydrogen-bond acceptors (Lipinski definition) is 3. The van der Waals surface area contributed by atoms with Gasteiger partial charge in [-0.25, -0.2) is 0 Å². The molecule has 1 aliphatic rings. The van der Waals surface area contributed by atoms with Gasteiger partial charge >= 0.3 is 0 Å². The minimum Gasteiger partial charge on any atom is -0.494 e. The highest BCUT2D eigenvalue weighted by Gasteiger charge is 2.33. The Hall–Kier alpha value is -1.06. The van der Waals surface area contributed by atoms with Crippen LogP contribution in [0.15, 0.2) is 24.3 Å². The highest BCUT2D eigenvalue weighted by atomic mass is 16.5. The molecule has 1 aromatic rings. The largest absolute Gasteiger partial charge is 0.494 e. The molecule has 0 aromatic heterocycles. The normalized spacial score (nSPS) is 16.3. The third-order valence-electron chi connectivity index (χ3n) is 5.99. The van der Waals surface area contributed by atoms with Gasteiger partial charge in [0.1, 0.15) is 5.75 Å². The monoisotopic (exact) mass is 389 g/mol. The summed E-state index contributed by atoms with van der Waals surface area (Å²) >= 11 is 0. The van der Waals surface area contributed by atoms with Crippen LogP contribution in [-0.4, -0.2) is 23.9 Å². The number of benzene rings is 1. The summed E-state index contributed by atoms with van der Waals surface area (Å²) in [6.07, 6.45) is 14.5. The number of nitrogens with two attached hydrogens (primary N) is 1. The molecule has 3 N–H and O–H groups in total. The Bertz CT molecular complexity index is 524. The van der Waals surface area contributed by atoms with Gasteiger partial charge in [0, 0.05) is 5.54 Å². The van der Waals surface area contributed by atoms with Crippen molar-refractivity contribution in [3.8, 4) is 5.75 Å². The maximum absolute atomic E-state index is 9.66. The highest BCUT2D eigenvalue weighted by Crippen LogP contribution is 2.37. The van der Waals surface area contributed by atoms with Crippen LogP contribution in [0.5, 0.6) is 5.75 Å². The van der Waals surface area contributed by atoms with Crippen LogP contribution in [0.4, 0.5) is 0 Å². The van der Waals surface area contributed by atoms with Crippen LogP contribution < -0.4 is 10.5 Å². The topological polar surface area (TPSA) is 55.5 Å². The first-order valence-corrected chi connectivity index (χ1v) is 11.6. The number of aryl methyl sites for hydroxylation is 1. The Kier molecular flexibility index (Phi) is 10.4. The minimum absolute atomic E-state index is 0.0857. The van der Waals surface area contributed by atoms with E-state index in [2.05, 4.69) is 38.1 Å². The van der Waals surface area contributed by atoms with Crippen molar-refractivity contribution in [2.24, 2.45) is 17.6 Å². The van der Waals surface area contributed by atoms with Gasteiger partial charge in [0.2, 0.25) is 0 Å². The zero-order chi connectivity index (χ0) is 20.2. The molecule has 1 fully saturated rings. The molecule has 0 saturated heterocycles. The molecule has 0 radical (unpaired) electrons. The van der Waals surface area contributed by atoms with Crippen LogP contribution >= 0.6 is 0 Å². The fourth-order valence-electron chi connectivity index (χ4n) is 3.84. The Balaban J connectivity index is 1.54. The van der Waals surface area contributed by atoms with Gasteiger partial charge in [-0.05, 0) is 55.2 Å². The van der Waals surface area contributed by atoms with Gasteiger partial charge in [-0.15, -0.1) is 0 Å². The van der Waals surface area contributed by atoms with Gasteiger partial charge < -0.3 is 15.6 Å². The van der Waals surface area contributed by atoms with E-state index in [1.54, 1.807) is 0 Å². The molecule has 28 heavy (non-hydrogen) atoms. The molecule has 1 aromatic carbocycles. The van der Waals surface area contributed by atoms with Gasteiger partial charge in [0.25, 0.3) is 0 Å². The zero-order valence-corrected chi connectivity index (χ0v) is 18.3. The van der Waals surface area contributed by atoms with Crippen molar-refractivity contribution in [2.75, 3.05) is 13.2 Å². The van der Waals surface area contributed by atoms with E-state index in [1.165, 1.54) is 56.9 Å². The van der Waals surface area contributed by atoms with Crippen LogP contribution in [0.2, 0.25) is 0 Å². The van der Waals surface area contributed by atoms with Crippen molar-refractivity contribution < 1.29 is 9.84 Å². The summed E-state index contributed by atoms with van der Waals surface area (Å²) < 4.78 is 5.88. The molecule has 0 spiro atoms. The smallest absolute Gasteiger partial charge is 0.119 e. The molecule has 1 atom stereocenters. The van der Waals surface area contributed by atoms with Crippen LogP contribution in [0.1, 0.15) is 90.0 Å². The van der Waals surface area contributed by atoms with Crippen LogP contribution in [-0.2, 0) is 6.42 Å². The first-order chi connectivity index (χ1) is 13.5. The molecule has 0 bridgehead atoms. The van der Waals surface area contributed by atoms with Crippen molar-refractivity contribution in [1.29, 1.82) is 0 Å². The highest BCUT2D eigenvalue weighted by molar-refractivity contribution is 5.27. The maximum Gasteiger partial charge on any atom is 0.119 e. The second-order valence-electron chi connectivity index (χ2n) is 9.46. The van der Waals surface area contributed by atoms with Crippen molar-refractivity contribution in [3.63, 3.8) is 0 Å². The Morgan fingerprint density at radius 2 is 1.68 bits per heavy atom. The second kappa shape index (κ2) is 12.5. The van der Waals surface area contributed by atoms with Crippen LogP contribution in [0.25, 0.3) is 0 Å². The van der Waals surface area contributed by atoms with E-state index in [0.29, 0.717) is 0 Å². The van der Waals surface area contributed by atoms with Crippen molar-refractivity contribution in [2.45, 2.75) is 96.4 Å².